The zero-order valence-electron chi connectivity index (χ0n) is 9.58. The molecule has 0 aromatic heterocycles. The number of carbonyl (C=O) groups is 1. The number of alkyl halides is 1. The van der Waals surface area contributed by atoms with Crippen LogP contribution in [0.2, 0.25) is 0 Å². The molecule has 1 atom stereocenters. The second-order valence-electron chi connectivity index (χ2n) is 4.65. The van der Waals surface area contributed by atoms with Crippen molar-refractivity contribution in [3.63, 3.8) is 0 Å². The van der Waals surface area contributed by atoms with Gasteiger partial charge in [0.1, 0.15) is 6.67 Å². The van der Waals surface area contributed by atoms with Crippen molar-refractivity contribution in [1.29, 1.82) is 0 Å². The molecule has 1 amide bonds. The number of piperazine rings is 1. The molecule has 2 aliphatic heterocycles. The molecule has 1 fully saturated rings. The number of amides is 1. The van der Waals surface area contributed by atoms with Crippen LogP contribution in [0.1, 0.15) is 21.5 Å². The van der Waals surface area contributed by atoms with E-state index in [0.29, 0.717) is 11.1 Å². The highest BCUT2D eigenvalue weighted by Gasteiger charge is 2.34. The summed E-state index contributed by atoms with van der Waals surface area (Å²) in [5, 5.41) is 3.30. The van der Waals surface area contributed by atoms with E-state index in [-0.39, 0.29) is 11.9 Å². The lowest BCUT2D eigenvalue weighted by Gasteiger charge is -2.40. The molecule has 2 heterocycles. The predicted molar refractivity (Wildman–Crippen MR) is 62.7 cm³/mol. The van der Waals surface area contributed by atoms with E-state index in [1.807, 2.05) is 17.0 Å². The van der Waals surface area contributed by atoms with Crippen molar-refractivity contribution in [2.45, 2.75) is 19.1 Å². The molecule has 0 saturated carbocycles. The van der Waals surface area contributed by atoms with Gasteiger partial charge in [-0.2, -0.15) is 0 Å². The third-order valence-corrected chi connectivity index (χ3v) is 3.66. The van der Waals surface area contributed by atoms with Crippen LogP contribution in [0, 0.1) is 0 Å². The van der Waals surface area contributed by atoms with Crippen molar-refractivity contribution < 1.29 is 9.18 Å². The van der Waals surface area contributed by atoms with Gasteiger partial charge in [-0.1, -0.05) is 18.2 Å². The average Bonchev–Trinajstić information content (AvgIpc) is 2.38. The standard InChI is InChI=1S/C13H15FN2O/c14-7-10-3-1-2-9-6-11-8-15-4-5-16(11)13(17)12(9)10/h1-3,11,15H,4-8H2/t11-/m1/s1. The van der Waals surface area contributed by atoms with Gasteiger partial charge in [0.15, 0.2) is 0 Å². The quantitative estimate of drug-likeness (QED) is 0.790. The smallest absolute Gasteiger partial charge is 0.254 e. The monoisotopic (exact) mass is 234 g/mol. The Morgan fingerprint density at radius 1 is 1.47 bits per heavy atom. The molecule has 0 radical (unpaired) electrons. The molecule has 0 spiro atoms. The number of nitrogens with zero attached hydrogens (tertiary/aromatic N) is 1. The van der Waals surface area contributed by atoms with Gasteiger partial charge in [-0.05, 0) is 17.5 Å². The Balaban J connectivity index is 2.06. The van der Waals surface area contributed by atoms with Crippen LogP contribution in [-0.4, -0.2) is 36.5 Å². The molecule has 0 unspecified atom stereocenters. The van der Waals surface area contributed by atoms with Crippen molar-refractivity contribution in [2.24, 2.45) is 0 Å². The maximum atomic E-state index is 12.9. The molecule has 90 valence electrons. The number of nitrogens with one attached hydrogen (secondary N) is 1. The van der Waals surface area contributed by atoms with Gasteiger partial charge < -0.3 is 10.2 Å². The Bertz CT molecular complexity index is 461. The molecule has 17 heavy (non-hydrogen) atoms. The van der Waals surface area contributed by atoms with Crippen molar-refractivity contribution in [2.75, 3.05) is 19.6 Å². The zero-order chi connectivity index (χ0) is 11.8. The van der Waals surface area contributed by atoms with Crippen LogP contribution >= 0.6 is 0 Å². The van der Waals surface area contributed by atoms with Crippen LogP contribution in [0.15, 0.2) is 18.2 Å². The first-order valence-corrected chi connectivity index (χ1v) is 5.99. The van der Waals surface area contributed by atoms with E-state index in [9.17, 15) is 9.18 Å². The summed E-state index contributed by atoms with van der Waals surface area (Å²) in [5.74, 6) is 0.00556. The summed E-state index contributed by atoms with van der Waals surface area (Å²) in [7, 11) is 0. The minimum absolute atomic E-state index is 0.00556. The maximum absolute atomic E-state index is 12.9. The third-order valence-electron chi connectivity index (χ3n) is 3.66. The molecular formula is C13H15FN2O. The summed E-state index contributed by atoms with van der Waals surface area (Å²) in [6.07, 6.45) is 0.835. The highest BCUT2D eigenvalue weighted by Crippen LogP contribution is 2.27. The lowest BCUT2D eigenvalue weighted by Crippen LogP contribution is -2.56. The fourth-order valence-corrected chi connectivity index (χ4v) is 2.82. The molecule has 1 aromatic rings. The lowest BCUT2D eigenvalue weighted by atomic mass is 9.89. The summed E-state index contributed by atoms with van der Waals surface area (Å²) in [4.78, 5) is 14.2. The van der Waals surface area contributed by atoms with Crippen LogP contribution in [-0.2, 0) is 13.1 Å². The third kappa shape index (κ3) is 1.63. The molecule has 2 aliphatic rings. The highest BCUT2D eigenvalue weighted by molar-refractivity contribution is 5.98. The average molecular weight is 234 g/mol. The molecule has 0 aliphatic carbocycles. The van der Waals surface area contributed by atoms with E-state index in [2.05, 4.69) is 5.32 Å². The number of hydrogen-bond acceptors (Lipinski definition) is 2. The summed E-state index contributed by atoms with van der Waals surface area (Å²) in [6.45, 7) is 1.83. The summed E-state index contributed by atoms with van der Waals surface area (Å²) >= 11 is 0. The summed E-state index contributed by atoms with van der Waals surface area (Å²) in [6, 6.07) is 5.73. The first kappa shape index (κ1) is 10.7. The number of rotatable bonds is 1. The van der Waals surface area contributed by atoms with Crippen LogP contribution < -0.4 is 5.32 Å². The van der Waals surface area contributed by atoms with Crippen molar-refractivity contribution in [1.82, 2.24) is 10.2 Å². The molecule has 0 bridgehead atoms. The first-order chi connectivity index (χ1) is 8.31. The van der Waals surface area contributed by atoms with Gasteiger partial charge in [0, 0.05) is 31.2 Å². The topological polar surface area (TPSA) is 32.3 Å². The van der Waals surface area contributed by atoms with E-state index in [0.717, 1.165) is 31.6 Å². The normalized spacial score (nSPS) is 23.2. The Labute approximate surface area is 99.6 Å². The van der Waals surface area contributed by atoms with Gasteiger partial charge in [0.2, 0.25) is 0 Å². The SMILES string of the molecule is O=C1c2c(CF)cccc2C[C@@H]2CNCCN12. The Kier molecular flexibility index (Phi) is 2.59. The fourth-order valence-electron chi connectivity index (χ4n) is 2.82. The molecule has 1 aromatic carbocycles. The first-order valence-electron chi connectivity index (χ1n) is 5.99. The van der Waals surface area contributed by atoms with Gasteiger partial charge in [-0.15, -0.1) is 0 Å². The molecular weight excluding hydrogens is 219 g/mol. The second-order valence-corrected chi connectivity index (χ2v) is 4.65. The van der Waals surface area contributed by atoms with Gasteiger partial charge in [-0.25, -0.2) is 4.39 Å². The van der Waals surface area contributed by atoms with E-state index >= 15 is 0 Å². The van der Waals surface area contributed by atoms with Crippen LogP contribution in [0.25, 0.3) is 0 Å². The minimum Gasteiger partial charge on any atom is -0.333 e. The van der Waals surface area contributed by atoms with Gasteiger partial charge in [0.05, 0.1) is 0 Å². The van der Waals surface area contributed by atoms with Crippen molar-refractivity contribution >= 4 is 5.91 Å². The Morgan fingerprint density at radius 3 is 3.18 bits per heavy atom. The van der Waals surface area contributed by atoms with Gasteiger partial charge in [-0.3, -0.25) is 4.79 Å². The fraction of sp³-hybridized carbons (Fsp3) is 0.462. The van der Waals surface area contributed by atoms with Crippen molar-refractivity contribution in [3.05, 3.63) is 34.9 Å². The number of hydrogen-bond donors (Lipinski definition) is 1. The molecule has 3 rings (SSSR count). The molecule has 1 saturated heterocycles. The zero-order valence-corrected chi connectivity index (χ0v) is 9.58. The largest absolute Gasteiger partial charge is 0.333 e. The molecule has 4 heteroatoms. The van der Waals surface area contributed by atoms with E-state index < -0.39 is 6.67 Å². The van der Waals surface area contributed by atoms with Gasteiger partial charge in [0.25, 0.3) is 5.91 Å². The van der Waals surface area contributed by atoms with Gasteiger partial charge >= 0.3 is 0 Å². The molecule has 3 nitrogen and oxygen atoms in total. The van der Waals surface area contributed by atoms with Crippen molar-refractivity contribution in [3.8, 4) is 0 Å². The minimum atomic E-state index is -0.564. The predicted octanol–water partition coefficient (Wildman–Crippen LogP) is 1.13. The summed E-state index contributed by atoms with van der Waals surface area (Å²) < 4.78 is 12.9. The number of benzene rings is 1. The number of halogens is 1. The summed E-state index contributed by atoms with van der Waals surface area (Å²) in [5.41, 5.74) is 2.13. The van der Waals surface area contributed by atoms with Crippen LogP contribution in [0.5, 0.6) is 0 Å². The van der Waals surface area contributed by atoms with E-state index in [4.69, 9.17) is 0 Å². The number of carbonyl (C=O) groups excluding carboxylic acids is 1. The van der Waals surface area contributed by atoms with E-state index in [1.165, 1.54) is 0 Å². The highest BCUT2D eigenvalue weighted by atomic mass is 19.1. The number of fused-ring (bicyclic) bond motifs is 2. The van der Waals surface area contributed by atoms with Crippen LogP contribution in [0.4, 0.5) is 4.39 Å². The Morgan fingerprint density at radius 2 is 2.35 bits per heavy atom. The lowest BCUT2D eigenvalue weighted by molar-refractivity contribution is 0.0604. The Hall–Kier alpha value is -1.42. The van der Waals surface area contributed by atoms with E-state index in [1.54, 1.807) is 6.07 Å². The molecule has 1 N–H and O–H groups in total. The maximum Gasteiger partial charge on any atom is 0.254 e. The van der Waals surface area contributed by atoms with Crippen LogP contribution in [0.3, 0.4) is 0 Å². The second kappa shape index (κ2) is 4.11.